The molecule has 0 aliphatic heterocycles. The molecule has 0 atom stereocenters. The van der Waals surface area contributed by atoms with Gasteiger partial charge in [-0.25, -0.2) is 4.79 Å². The Hall–Kier alpha value is -3.02. The lowest BCUT2D eigenvalue weighted by Crippen LogP contribution is -2.15. The molecule has 6 nitrogen and oxygen atoms in total. The summed E-state index contributed by atoms with van der Waals surface area (Å²) in [5, 5.41) is 0. The molecule has 0 aromatic heterocycles. The summed E-state index contributed by atoms with van der Waals surface area (Å²) >= 11 is 0. The van der Waals surface area contributed by atoms with Gasteiger partial charge in [0, 0.05) is 5.56 Å². The van der Waals surface area contributed by atoms with Crippen molar-refractivity contribution < 1.29 is 28.5 Å². The highest BCUT2D eigenvalue weighted by Gasteiger charge is 2.16. The van der Waals surface area contributed by atoms with Crippen LogP contribution in [-0.2, 0) is 4.74 Å². The number of carbonyl (C=O) groups is 2. The standard InChI is InChI=1S/C18H18O6/c1-21-15-7-5-4-6-13(15)18(20)24-11-14(19)12-8-9-16(22-2)17(10-12)23-3/h4-10H,11H2,1-3H3. The quantitative estimate of drug-likeness (QED) is 0.574. The summed E-state index contributed by atoms with van der Waals surface area (Å²) in [5.74, 6) is 0.362. The second kappa shape index (κ2) is 8.01. The topological polar surface area (TPSA) is 71.1 Å². The summed E-state index contributed by atoms with van der Waals surface area (Å²) in [6, 6.07) is 11.4. The van der Waals surface area contributed by atoms with Gasteiger partial charge in [-0.05, 0) is 30.3 Å². The molecule has 0 saturated carbocycles. The molecule has 0 saturated heterocycles. The molecule has 0 aliphatic rings. The highest BCUT2D eigenvalue weighted by Crippen LogP contribution is 2.27. The number of esters is 1. The number of rotatable bonds is 7. The summed E-state index contributed by atoms with van der Waals surface area (Å²) in [7, 11) is 4.45. The minimum atomic E-state index is -0.624. The largest absolute Gasteiger partial charge is 0.496 e. The smallest absolute Gasteiger partial charge is 0.342 e. The van der Waals surface area contributed by atoms with Gasteiger partial charge < -0.3 is 18.9 Å². The lowest BCUT2D eigenvalue weighted by Gasteiger charge is -2.10. The van der Waals surface area contributed by atoms with Gasteiger partial charge >= 0.3 is 5.97 Å². The number of Topliss-reactive ketones (excluding diaryl/α,β-unsaturated/α-hetero) is 1. The summed E-state index contributed by atoms with van der Waals surface area (Å²) in [6.07, 6.45) is 0. The fraction of sp³-hybridized carbons (Fsp3) is 0.222. The predicted octanol–water partition coefficient (Wildman–Crippen LogP) is 2.75. The van der Waals surface area contributed by atoms with Crippen molar-refractivity contribution >= 4 is 11.8 Å². The molecule has 24 heavy (non-hydrogen) atoms. The van der Waals surface area contributed by atoms with Crippen LogP contribution in [0.1, 0.15) is 20.7 Å². The van der Waals surface area contributed by atoms with Crippen molar-refractivity contribution in [2.75, 3.05) is 27.9 Å². The number of hydrogen-bond acceptors (Lipinski definition) is 6. The normalized spacial score (nSPS) is 9.96. The van der Waals surface area contributed by atoms with Gasteiger partial charge in [0.2, 0.25) is 0 Å². The lowest BCUT2D eigenvalue weighted by atomic mass is 10.1. The maximum Gasteiger partial charge on any atom is 0.342 e. The van der Waals surface area contributed by atoms with E-state index in [1.54, 1.807) is 36.4 Å². The average molecular weight is 330 g/mol. The van der Waals surface area contributed by atoms with Crippen molar-refractivity contribution in [2.24, 2.45) is 0 Å². The third kappa shape index (κ3) is 3.84. The van der Waals surface area contributed by atoms with Crippen molar-refractivity contribution in [2.45, 2.75) is 0 Å². The zero-order valence-corrected chi connectivity index (χ0v) is 13.7. The maximum atomic E-state index is 12.2. The molecule has 0 bridgehead atoms. The van der Waals surface area contributed by atoms with Crippen molar-refractivity contribution in [1.82, 2.24) is 0 Å². The maximum absolute atomic E-state index is 12.2. The van der Waals surface area contributed by atoms with Crippen molar-refractivity contribution in [1.29, 1.82) is 0 Å². The van der Waals surface area contributed by atoms with E-state index < -0.39 is 5.97 Å². The van der Waals surface area contributed by atoms with Crippen LogP contribution >= 0.6 is 0 Å². The Balaban J connectivity index is 2.06. The number of ketones is 1. The van der Waals surface area contributed by atoms with Gasteiger partial charge in [-0.1, -0.05) is 12.1 Å². The van der Waals surface area contributed by atoms with Crippen LogP contribution < -0.4 is 14.2 Å². The zero-order valence-electron chi connectivity index (χ0n) is 13.7. The van der Waals surface area contributed by atoms with Gasteiger partial charge in [-0.15, -0.1) is 0 Å². The van der Waals surface area contributed by atoms with E-state index in [0.717, 1.165) is 0 Å². The number of hydrogen-bond donors (Lipinski definition) is 0. The van der Waals surface area contributed by atoms with Crippen LogP contribution in [0.15, 0.2) is 42.5 Å². The summed E-state index contributed by atoms with van der Waals surface area (Å²) in [5.41, 5.74) is 0.626. The fourth-order valence-electron chi connectivity index (χ4n) is 2.12. The number of ether oxygens (including phenoxy) is 4. The highest BCUT2D eigenvalue weighted by molar-refractivity contribution is 6.00. The average Bonchev–Trinajstić information content (AvgIpc) is 2.64. The molecular formula is C18H18O6. The van der Waals surface area contributed by atoms with Crippen LogP contribution in [0.4, 0.5) is 0 Å². The second-order valence-electron chi connectivity index (χ2n) is 4.77. The van der Waals surface area contributed by atoms with E-state index in [0.29, 0.717) is 22.8 Å². The third-order valence-electron chi connectivity index (χ3n) is 3.37. The lowest BCUT2D eigenvalue weighted by molar-refractivity contribution is 0.0471. The minimum Gasteiger partial charge on any atom is -0.496 e. The zero-order chi connectivity index (χ0) is 17.5. The highest BCUT2D eigenvalue weighted by atomic mass is 16.5. The van der Waals surface area contributed by atoms with Crippen LogP contribution in [0.3, 0.4) is 0 Å². The van der Waals surface area contributed by atoms with Gasteiger partial charge in [-0.3, -0.25) is 4.79 Å². The van der Waals surface area contributed by atoms with Crippen molar-refractivity contribution in [3.05, 3.63) is 53.6 Å². The molecule has 2 aromatic rings. The SMILES string of the molecule is COc1ccc(C(=O)COC(=O)c2ccccc2OC)cc1OC. The molecular weight excluding hydrogens is 312 g/mol. The minimum absolute atomic E-state index is 0.264. The van der Waals surface area contributed by atoms with E-state index in [4.69, 9.17) is 18.9 Å². The molecule has 0 aliphatic carbocycles. The Bertz CT molecular complexity index is 738. The first kappa shape index (κ1) is 17.3. The first-order chi connectivity index (χ1) is 11.6. The molecule has 2 rings (SSSR count). The van der Waals surface area contributed by atoms with Crippen molar-refractivity contribution in [3.63, 3.8) is 0 Å². The van der Waals surface area contributed by atoms with Crippen LogP contribution in [0.5, 0.6) is 17.2 Å². The summed E-state index contributed by atoms with van der Waals surface area (Å²) in [4.78, 5) is 24.3. The van der Waals surface area contributed by atoms with Gasteiger partial charge in [0.05, 0.1) is 21.3 Å². The van der Waals surface area contributed by atoms with E-state index in [-0.39, 0.29) is 18.0 Å². The molecule has 0 fully saturated rings. The van der Waals surface area contributed by atoms with Crippen molar-refractivity contribution in [3.8, 4) is 17.2 Å². The molecule has 0 heterocycles. The van der Waals surface area contributed by atoms with Crippen LogP contribution in [0.2, 0.25) is 0 Å². The summed E-state index contributed by atoms with van der Waals surface area (Å²) in [6.45, 7) is -0.383. The molecule has 0 N–H and O–H groups in total. The van der Waals surface area contributed by atoms with E-state index in [9.17, 15) is 9.59 Å². The Labute approximate surface area is 139 Å². The monoisotopic (exact) mass is 330 g/mol. The van der Waals surface area contributed by atoms with Crippen LogP contribution in [0.25, 0.3) is 0 Å². The molecule has 2 aromatic carbocycles. The Morgan fingerprint density at radius 1 is 0.833 bits per heavy atom. The van der Waals surface area contributed by atoms with Gasteiger partial charge in [-0.2, -0.15) is 0 Å². The van der Waals surface area contributed by atoms with E-state index in [2.05, 4.69) is 0 Å². The number of para-hydroxylation sites is 1. The Morgan fingerprint density at radius 2 is 1.50 bits per heavy atom. The van der Waals surface area contributed by atoms with E-state index >= 15 is 0 Å². The molecule has 0 spiro atoms. The van der Waals surface area contributed by atoms with E-state index in [1.165, 1.54) is 27.4 Å². The van der Waals surface area contributed by atoms with Gasteiger partial charge in [0.15, 0.2) is 23.9 Å². The van der Waals surface area contributed by atoms with Crippen LogP contribution in [0, 0.1) is 0 Å². The molecule has 0 amide bonds. The molecule has 126 valence electrons. The Kier molecular flexibility index (Phi) is 5.78. The first-order valence-electron chi connectivity index (χ1n) is 7.16. The molecule has 6 heteroatoms. The second-order valence-corrected chi connectivity index (χ2v) is 4.77. The van der Waals surface area contributed by atoms with E-state index in [1.807, 2.05) is 0 Å². The fourth-order valence-corrected chi connectivity index (χ4v) is 2.12. The number of carbonyl (C=O) groups excluding carboxylic acids is 2. The molecule has 0 unspecified atom stereocenters. The number of benzene rings is 2. The Morgan fingerprint density at radius 3 is 2.17 bits per heavy atom. The molecule has 0 radical (unpaired) electrons. The van der Waals surface area contributed by atoms with Crippen LogP contribution in [-0.4, -0.2) is 39.7 Å². The third-order valence-corrected chi connectivity index (χ3v) is 3.37. The predicted molar refractivity (Wildman–Crippen MR) is 87.2 cm³/mol. The van der Waals surface area contributed by atoms with Gasteiger partial charge in [0.25, 0.3) is 0 Å². The number of methoxy groups -OCH3 is 3. The van der Waals surface area contributed by atoms with Gasteiger partial charge in [0.1, 0.15) is 11.3 Å². The summed E-state index contributed by atoms with van der Waals surface area (Å²) < 4.78 is 20.4. The first-order valence-corrected chi connectivity index (χ1v) is 7.16.